The zero-order valence-electron chi connectivity index (χ0n) is 9.76. The highest BCUT2D eigenvalue weighted by molar-refractivity contribution is 6.15. The first-order chi connectivity index (χ1) is 6.33. The van der Waals surface area contributed by atoms with E-state index in [4.69, 9.17) is 4.74 Å². The molecule has 0 rings (SSSR count). The van der Waals surface area contributed by atoms with Crippen molar-refractivity contribution in [2.24, 2.45) is 0 Å². The lowest BCUT2D eigenvalue weighted by atomic mass is 10.4. The summed E-state index contributed by atoms with van der Waals surface area (Å²) >= 11 is 4.64. The Bertz CT molecular complexity index is 185. The first-order valence-corrected chi connectivity index (χ1v) is 5.09. The number of likely N-dealkylation sites (N-methyl/N-ethyl adjacent to an activating group) is 1. The van der Waals surface area contributed by atoms with E-state index in [1.807, 2.05) is 0 Å². The van der Waals surface area contributed by atoms with Gasteiger partial charge < -0.3 is 9.22 Å². The summed E-state index contributed by atoms with van der Waals surface area (Å²) in [6, 6.07) is 0. The van der Waals surface area contributed by atoms with Crippen molar-refractivity contribution in [1.82, 2.24) is 0 Å². The average molecular weight is 223 g/mol. The minimum absolute atomic E-state index is 0.302. The number of ether oxygens (including phenoxy) is 1. The molecular formula is C10H21ClNO2+. The Labute approximate surface area is 91.9 Å². The maximum absolute atomic E-state index is 10.9. The summed E-state index contributed by atoms with van der Waals surface area (Å²) in [5, 5.41) is 0. The van der Waals surface area contributed by atoms with Gasteiger partial charge in [0.2, 0.25) is 0 Å². The Balaban J connectivity index is 0. The molecule has 0 heterocycles. The number of rotatable bonds is 4. The van der Waals surface area contributed by atoms with Crippen LogP contribution in [0.15, 0.2) is 12.2 Å². The molecule has 0 saturated heterocycles. The minimum atomic E-state index is -0.302. The van der Waals surface area contributed by atoms with Crippen molar-refractivity contribution in [2.45, 2.75) is 6.92 Å². The van der Waals surface area contributed by atoms with Crippen LogP contribution in [0.5, 0.6) is 0 Å². The van der Waals surface area contributed by atoms with Gasteiger partial charge in [-0.15, -0.1) is 11.6 Å². The monoisotopic (exact) mass is 222 g/mol. The van der Waals surface area contributed by atoms with E-state index < -0.39 is 0 Å². The minimum Gasteiger partial charge on any atom is -0.456 e. The predicted molar refractivity (Wildman–Crippen MR) is 60.4 cm³/mol. The molecule has 0 atom stereocenters. The van der Waals surface area contributed by atoms with E-state index in [9.17, 15) is 4.79 Å². The van der Waals surface area contributed by atoms with Gasteiger partial charge in [0.15, 0.2) is 0 Å². The van der Waals surface area contributed by atoms with Crippen LogP contribution in [0.3, 0.4) is 0 Å². The van der Waals surface area contributed by atoms with Crippen molar-refractivity contribution in [2.75, 3.05) is 40.7 Å². The largest absolute Gasteiger partial charge is 0.456 e. The first-order valence-electron chi connectivity index (χ1n) is 4.34. The van der Waals surface area contributed by atoms with Gasteiger partial charge in [0.05, 0.1) is 21.1 Å². The van der Waals surface area contributed by atoms with Crippen molar-refractivity contribution >= 4 is 17.6 Å². The van der Waals surface area contributed by atoms with Crippen LogP contribution in [-0.4, -0.2) is 51.1 Å². The second-order valence-electron chi connectivity index (χ2n) is 3.93. The third-order valence-corrected chi connectivity index (χ3v) is 1.34. The standard InChI is InChI=1S/C9H18NO2.CH3Cl/c1-8(2)9(11)12-7-6-10(3,4)5;1-2/h1,6-7H2,2-5H3;1H3/q+1;. The third-order valence-electron chi connectivity index (χ3n) is 1.34. The van der Waals surface area contributed by atoms with Gasteiger partial charge in [-0.25, -0.2) is 4.79 Å². The van der Waals surface area contributed by atoms with E-state index in [0.717, 1.165) is 11.0 Å². The van der Waals surface area contributed by atoms with Crippen molar-refractivity contribution in [3.05, 3.63) is 12.2 Å². The Kier molecular flexibility index (Phi) is 8.89. The van der Waals surface area contributed by atoms with E-state index in [-0.39, 0.29) is 5.97 Å². The molecule has 4 heteroatoms. The predicted octanol–water partition coefficient (Wildman–Crippen LogP) is 1.67. The summed E-state index contributed by atoms with van der Waals surface area (Å²) in [4.78, 5) is 10.9. The van der Waals surface area contributed by atoms with Gasteiger partial charge >= 0.3 is 5.97 Å². The number of nitrogens with zero attached hydrogens (tertiary/aromatic N) is 1. The maximum atomic E-state index is 10.9. The van der Waals surface area contributed by atoms with E-state index >= 15 is 0 Å². The fourth-order valence-corrected chi connectivity index (χ4v) is 0.535. The molecular weight excluding hydrogens is 202 g/mol. The molecule has 84 valence electrons. The van der Waals surface area contributed by atoms with Crippen LogP contribution >= 0.6 is 11.6 Å². The first kappa shape index (κ1) is 15.9. The molecule has 0 aliphatic heterocycles. The van der Waals surface area contributed by atoms with Gasteiger partial charge in [-0.05, 0) is 6.92 Å². The number of halogens is 1. The number of carbonyl (C=O) groups is 1. The van der Waals surface area contributed by atoms with Crippen molar-refractivity contribution in [1.29, 1.82) is 0 Å². The Morgan fingerprint density at radius 1 is 1.36 bits per heavy atom. The van der Waals surface area contributed by atoms with Crippen molar-refractivity contribution in [3.63, 3.8) is 0 Å². The van der Waals surface area contributed by atoms with E-state index in [0.29, 0.717) is 12.2 Å². The van der Waals surface area contributed by atoms with Crippen LogP contribution < -0.4 is 0 Å². The molecule has 0 aromatic heterocycles. The lowest BCUT2D eigenvalue weighted by molar-refractivity contribution is -0.870. The third kappa shape index (κ3) is 11.5. The molecule has 0 aromatic rings. The van der Waals surface area contributed by atoms with E-state index in [1.165, 1.54) is 6.38 Å². The fourth-order valence-electron chi connectivity index (χ4n) is 0.535. The molecule has 0 aliphatic carbocycles. The lowest BCUT2D eigenvalue weighted by Gasteiger charge is -2.23. The van der Waals surface area contributed by atoms with Gasteiger partial charge in [-0.2, -0.15) is 0 Å². The normalized spacial score (nSPS) is 9.86. The molecule has 0 aliphatic rings. The highest BCUT2D eigenvalue weighted by Crippen LogP contribution is 1.94. The fraction of sp³-hybridized carbons (Fsp3) is 0.700. The van der Waals surface area contributed by atoms with Crippen molar-refractivity contribution in [3.8, 4) is 0 Å². The van der Waals surface area contributed by atoms with Crippen molar-refractivity contribution < 1.29 is 14.0 Å². The van der Waals surface area contributed by atoms with Gasteiger partial charge in [0.1, 0.15) is 13.2 Å². The van der Waals surface area contributed by atoms with Crippen LogP contribution in [-0.2, 0) is 9.53 Å². The number of quaternary nitrogens is 1. The molecule has 0 radical (unpaired) electrons. The van der Waals surface area contributed by atoms with Crippen LogP contribution in [0.25, 0.3) is 0 Å². The smallest absolute Gasteiger partial charge is 0.333 e. The summed E-state index contributed by atoms with van der Waals surface area (Å²) < 4.78 is 5.72. The summed E-state index contributed by atoms with van der Waals surface area (Å²) in [6.07, 6.45) is 1.47. The van der Waals surface area contributed by atoms with E-state index in [2.05, 4.69) is 39.3 Å². The number of carbonyl (C=O) groups excluding carboxylic acids is 1. The zero-order chi connectivity index (χ0) is 11.8. The maximum Gasteiger partial charge on any atom is 0.333 e. The number of esters is 1. The molecule has 0 spiro atoms. The van der Waals surface area contributed by atoms with Crippen LogP contribution in [0.1, 0.15) is 6.92 Å². The molecule has 0 aromatic carbocycles. The SMILES string of the molecule is C=C(C)C(=O)OCC[N+](C)(C)C.CCl. The number of alkyl halides is 1. The number of hydrogen-bond acceptors (Lipinski definition) is 2. The topological polar surface area (TPSA) is 26.3 Å². The summed E-state index contributed by atoms with van der Waals surface area (Å²) in [5.74, 6) is -0.302. The molecule has 0 fully saturated rings. The molecule has 0 amide bonds. The van der Waals surface area contributed by atoms with Gasteiger partial charge in [-0.3, -0.25) is 0 Å². The highest BCUT2D eigenvalue weighted by Gasteiger charge is 2.09. The van der Waals surface area contributed by atoms with Gasteiger partial charge in [0.25, 0.3) is 0 Å². The Morgan fingerprint density at radius 3 is 2.07 bits per heavy atom. The molecule has 0 bridgehead atoms. The lowest BCUT2D eigenvalue weighted by Crippen LogP contribution is -2.38. The zero-order valence-corrected chi connectivity index (χ0v) is 10.5. The second-order valence-corrected chi connectivity index (χ2v) is 3.93. The molecule has 0 N–H and O–H groups in total. The second kappa shape index (κ2) is 7.83. The molecule has 0 saturated carbocycles. The van der Waals surface area contributed by atoms with Gasteiger partial charge in [0, 0.05) is 12.0 Å². The van der Waals surface area contributed by atoms with E-state index in [1.54, 1.807) is 6.92 Å². The summed E-state index contributed by atoms with van der Waals surface area (Å²) in [6.45, 7) is 6.41. The Hall–Kier alpha value is -0.540. The van der Waals surface area contributed by atoms with Crippen LogP contribution in [0.4, 0.5) is 0 Å². The summed E-state index contributed by atoms with van der Waals surface area (Å²) in [5.41, 5.74) is 0.455. The van der Waals surface area contributed by atoms with Crippen LogP contribution in [0, 0.1) is 0 Å². The number of hydrogen-bond donors (Lipinski definition) is 0. The summed E-state index contributed by atoms with van der Waals surface area (Å²) in [7, 11) is 6.15. The molecule has 3 nitrogen and oxygen atoms in total. The quantitative estimate of drug-likeness (QED) is 0.313. The molecule has 0 unspecified atom stereocenters. The van der Waals surface area contributed by atoms with Gasteiger partial charge in [-0.1, -0.05) is 6.58 Å². The Morgan fingerprint density at radius 2 is 1.79 bits per heavy atom. The van der Waals surface area contributed by atoms with Crippen LogP contribution in [0.2, 0.25) is 0 Å². The average Bonchev–Trinajstić information content (AvgIpc) is 2.05. The molecule has 14 heavy (non-hydrogen) atoms. The highest BCUT2D eigenvalue weighted by atomic mass is 35.5.